The topological polar surface area (TPSA) is 232 Å². The summed E-state index contributed by atoms with van der Waals surface area (Å²) in [5.41, 5.74) is 0.315. The van der Waals surface area contributed by atoms with E-state index in [4.69, 9.17) is 33.2 Å². The lowest BCUT2D eigenvalue weighted by Crippen LogP contribution is -2.39. The predicted octanol–water partition coefficient (Wildman–Crippen LogP) is 5.99. The Morgan fingerprint density at radius 2 is 1.31 bits per heavy atom. The van der Waals surface area contributed by atoms with Gasteiger partial charge in [0.15, 0.2) is 0 Å². The molecule has 326 valence electrons. The van der Waals surface area contributed by atoms with Crippen LogP contribution in [-0.2, 0) is 36.0 Å². The van der Waals surface area contributed by atoms with E-state index < -0.39 is 34.7 Å². The number of nitrogens with zero attached hydrogens (tertiary/aromatic N) is 6. The maximum atomic E-state index is 12.6. The number of aromatic amines is 2. The number of aromatic nitrogens is 6. The second-order valence-electron chi connectivity index (χ2n) is 13.1. The number of amides is 4. The fraction of sp³-hybridized carbons (Fsp3) is 0.211. The first-order chi connectivity index (χ1) is 29.1. The Morgan fingerprint density at radius 1 is 0.774 bits per heavy atom. The molecule has 24 heteroatoms. The van der Waals surface area contributed by atoms with Gasteiger partial charge in [-0.25, -0.2) is 9.59 Å². The normalized spacial score (nSPS) is 13.1. The molecule has 0 saturated carbocycles. The molecule has 0 spiro atoms. The molecule has 0 aliphatic carbocycles. The van der Waals surface area contributed by atoms with E-state index in [1.165, 1.54) is 17.2 Å². The van der Waals surface area contributed by atoms with Gasteiger partial charge in [-0.05, 0) is 54.6 Å². The number of hydrogen-bond donors (Lipinski definition) is 6. The van der Waals surface area contributed by atoms with Gasteiger partial charge < -0.3 is 34.7 Å². The lowest BCUT2D eigenvalue weighted by molar-refractivity contribution is -0.0501. The summed E-state index contributed by atoms with van der Waals surface area (Å²) in [4.78, 5) is 35.8. The number of anilines is 2. The highest BCUT2D eigenvalue weighted by Gasteiger charge is 2.49. The third-order valence-corrected chi connectivity index (χ3v) is 10.4. The van der Waals surface area contributed by atoms with Crippen molar-refractivity contribution in [2.45, 2.75) is 38.9 Å². The predicted molar refractivity (Wildman–Crippen MR) is 226 cm³/mol. The molecule has 6 aromatic rings. The minimum atomic E-state index is -5.86. The molecule has 0 saturated heterocycles. The van der Waals surface area contributed by atoms with Gasteiger partial charge >= 0.3 is 34.8 Å². The molecule has 6 N–H and O–H groups in total. The third kappa shape index (κ3) is 12.0. The molecule has 0 atom stereocenters. The molecule has 4 aromatic heterocycles. The molecule has 0 bridgehead atoms. The maximum absolute atomic E-state index is 12.6. The van der Waals surface area contributed by atoms with Crippen molar-refractivity contribution in [1.29, 1.82) is 0 Å². The number of hydrogen-bond acceptors (Lipinski definition) is 11. The number of nitrogens with one attached hydrogen (secondary N) is 4. The number of alkyl halides is 3. The van der Waals surface area contributed by atoms with Gasteiger partial charge in [0.2, 0.25) is 0 Å². The number of H-pyrrole nitrogens is 2. The summed E-state index contributed by atoms with van der Waals surface area (Å²) in [7, 11) is -7.27. The van der Waals surface area contributed by atoms with Crippen LogP contribution in [0.4, 0.5) is 34.1 Å². The minimum Gasteiger partial charge on any atom is -0.423 e. The van der Waals surface area contributed by atoms with Crippen molar-refractivity contribution in [2.75, 3.05) is 23.7 Å². The molecule has 2 aromatic carbocycles. The first-order valence-electron chi connectivity index (χ1n) is 18.0. The fourth-order valence-corrected chi connectivity index (χ4v) is 6.76. The summed E-state index contributed by atoms with van der Waals surface area (Å²) in [5, 5.41) is 37.0. The van der Waals surface area contributed by atoms with Crippen molar-refractivity contribution in [2.24, 2.45) is 0 Å². The van der Waals surface area contributed by atoms with Gasteiger partial charge in [-0.15, -0.1) is 5.10 Å². The summed E-state index contributed by atoms with van der Waals surface area (Å²) < 4.78 is 64.0. The van der Waals surface area contributed by atoms with Gasteiger partial charge in [-0.1, -0.05) is 48.8 Å². The van der Waals surface area contributed by atoms with Crippen LogP contribution in [0.2, 0.25) is 10.0 Å². The standard InChI is InChI=1S/C18H16ClN5O.C14H12ClF3N4O4S.C5H6BNO2.CH4/c19-13-4-1-5-14(9-13)21-18(25)24-8-6-16-15(11-24)17(23-22-16)12-3-2-7-20-10-12;15-8-2-1-3-9(6-8)19-13(23)22-5-4-11-10(7-22)12(21-20-11)26-27(24,25)14(16,17)18;8-6(9)5-2-1-3-7-4-5;/h1-5,7,9-10H,6,8,11H2,(H,21,25)(H,22,23);1-3,6H,4-5,7H2,(H,19,23)(H,20,21);1-4,8-9H;1H4. The Labute approximate surface area is 363 Å². The van der Waals surface area contributed by atoms with Crippen LogP contribution in [0.25, 0.3) is 11.3 Å². The highest BCUT2D eigenvalue weighted by molar-refractivity contribution is 7.88. The van der Waals surface area contributed by atoms with Crippen LogP contribution in [0.5, 0.6) is 5.88 Å². The van der Waals surface area contributed by atoms with Crippen LogP contribution in [0.15, 0.2) is 97.6 Å². The number of urea groups is 2. The first kappa shape index (κ1) is 46.9. The summed E-state index contributed by atoms with van der Waals surface area (Å²) in [5.74, 6) is -0.734. The van der Waals surface area contributed by atoms with E-state index in [9.17, 15) is 31.2 Å². The number of rotatable bonds is 6. The van der Waals surface area contributed by atoms with Crippen molar-refractivity contribution in [3.05, 3.63) is 130 Å². The second-order valence-corrected chi connectivity index (χ2v) is 15.5. The van der Waals surface area contributed by atoms with E-state index in [2.05, 4.69) is 45.2 Å². The zero-order valence-electron chi connectivity index (χ0n) is 31.5. The van der Waals surface area contributed by atoms with Gasteiger partial charge in [0, 0.05) is 100 Å². The summed E-state index contributed by atoms with van der Waals surface area (Å²) in [6.45, 7) is 1.20. The SMILES string of the molecule is C.O=C(Nc1cccc(Cl)c1)N1CCc2[nH]nc(-c3cccnc3)c2C1.O=C(Nc1cccc(Cl)c1)N1CCc2[nH]nc(OS(=O)(=O)C(F)(F)F)c2C1.OB(O)c1cccnc1. The Balaban J connectivity index is 0.000000193. The highest BCUT2D eigenvalue weighted by Crippen LogP contribution is 2.32. The quantitative estimate of drug-likeness (QED) is 0.0645. The van der Waals surface area contributed by atoms with Crippen LogP contribution in [0.3, 0.4) is 0 Å². The van der Waals surface area contributed by atoms with Crippen molar-refractivity contribution >= 4 is 69.3 Å². The first-order valence-corrected chi connectivity index (χ1v) is 20.2. The largest absolute Gasteiger partial charge is 0.534 e. The third-order valence-electron chi connectivity index (χ3n) is 8.94. The number of carbonyl (C=O) groups is 2. The lowest BCUT2D eigenvalue weighted by Gasteiger charge is -2.27. The van der Waals surface area contributed by atoms with Gasteiger partial charge in [0.25, 0.3) is 5.88 Å². The van der Waals surface area contributed by atoms with Gasteiger partial charge in [-0.2, -0.15) is 26.7 Å². The van der Waals surface area contributed by atoms with Crippen LogP contribution in [0.1, 0.15) is 29.9 Å². The number of fused-ring (bicyclic) bond motifs is 2. The van der Waals surface area contributed by atoms with Crippen molar-refractivity contribution in [3.8, 4) is 17.1 Å². The van der Waals surface area contributed by atoms with Gasteiger partial charge in [0.1, 0.15) is 0 Å². The molecule has 17 nitrogen and oxygen atoms in total. The number of benzene rings is 2. The van der Waals surface area contributed by atoms with E-state index in [-0.39, 0.29) is 38.5 Å². The average molecular weight is 918 g/mol. The Hall–Kier alpha value is -6.20. The minimum absolute atomic E-state index is 0. The van der Waals surface area contributed by atoms with Crippen molar-refractivity contribution < 1.29 is 45.4 Å². The van der Waals surface area contributed by atoms with Crippen LogP contribution < -0.4 is 20.3 Å². The van der Waals surface area contributed by atoms with E-state index in [1.54, 1.807) is 66.0 Å². The molecule has 0 radical (unpaired) electrons. The van der Waals surface area contributed by atoms with Crippen molar-refractivity contribution in [1.82, 2.24) is 40.2 Å². The summed E-state index contributed by atoms with van der Waals surface area (Å²) >= 11 is 11.8. The second kappa shape index (κ2) is 20.6. The van der Waals surface area contributed by atoms with Crippen LogP contribution in [-0.4, -0.2) is 96.4 Å². The summed E-state index contributed by atoms with van der Waals surface area (Å²) in [6.07, 6.45) is 7.47. The molecule has 62 heavy (non-hydrogen) atoms. The van der Waals surface area contributed by atoms with Crippen molar-refractivity contribution in [3.63, 3.8) is 0 Å². The zero-order chi connectivity index (χ0) is 43.7. The lowest BCUT2D eigenvalue weighted by atomic mass is 9.82. The molecule has 8 rings (SSSR count). The number of halogens is 5. The van der Waals surface area contributed by atoms with E-state index in [0.717, 1.165) is 28.9 Å². The van der Waals surface area contributed by atoms with Gasteiger partial charge in [-0.3, -0.25) is 20.2 Å². The Morgan fingerprint density at radius 3 is 1.79 bits per heavy atom. The number of pyridine rings is 2. The van der Waals surface area contributed by atoms with E-state index in [1.807, 2.05) is 24.3 Å². The molecule has 4 amide bonds. The van der Waals surface area contributed by atoms with Crippen LogP contribution >= 0.6 is 23.2 Å². The molecule has 6 heterocycles. The molecule has 0 unspecified atom stereocenters. The molecule has 2 aliphatic rings. The summed E-state index contributed by atoms with van der Waals surface area (Å²) in [6, 6.07) is 19.9. The Bertz CT molecular complexity index is 2570. The zero-order valence-corrected chi connectivity index (χ0v) is 33.8. The molecule has 2 aliphatic heterocycles. The number of carbonyl (C=O) groups excluding carboxylic acids is 2. The highest BCUT2D eigenvalue weighted by atomic mass is 35.5. The smallest absolute Gasteiger partial charge is 0.423 e. The van der Waals surface area contributed by atoms with Gasteiger partial charge in [0.05, 0.1) is 24.3 Å². The average Bonchev–Trinajstić information content (AvgIpc) is 3.85. The maximum Gasteiger partial charge on any atom is 0.534 e. The molecular weight excluding hydrogens is 879 g/mol. The van der Waals surface area contributed by atoms with E-state index >= 15 is 0 Å². The van der Waals surface area contributed by atoms with Crippen LogP contribution in [0, 0.1) is 0 Å². The monoisotopic (exact) mass is 916 g/mol. The molecular formula is C38H38BCl2F3N10O7S. The Kier molecular flexibility index (Phi) is 15.6. The molecule has 0 fully saturated rings. The van der Waals surface area contributed by atoms with E-state index in [0.29, 0.717) is 45.7 Å². The fourth-order valence-electron chi connectivity index (χ4n) is 5.94.